The molecule has 0 bridgehead atoms. The van der Waals surface area contributed by atoms with Gasteiger partial charge < -0.3 is 5.11 Å². The Labute approximate surface area is 414 Å². The summed E-state index contributed by atoms with van der Waals surface area (Å²) in [7, 11) is 0. The molecule has 3 nitrogen and oxygen atoms in total. The Bertz CT molecular complexity index is 4330. The summed E-state index contributed by atoms with van der Waals surface area (Å²) >= 11 is 0. The molecule has 4 heterocycles. The molecule has 3 aliphatic carbocycles. The minimum absolute atomic E-state index is 0.0895. The van der Waals surface area contributed by atoms with Gasteiger partial charge in [-0.25, -0.2) is 0 Å². The van der Waals surface area contributed by atoms with Crippen LogP contribution in [-0.2, 0) is 12.8 Å². The summed E-state index contributed by atoms with van der Waals surface area (Å²) in [5, 5.41) is 21.0. The lowest BCUT2D eigenvalue weighted by atomic mass is 9.78. The van der Waals surface area contributed by atoms with Crippen LogP contribution in [0.1, 0.15) is 99.7 Å². The zero-order valence-corrected chi connectivity index (χ0v) is 40.8. The highest BCUT2D eigenvalue weighted by atomic mass is 16.3. The Kier molecular flexibility index (Phi) is 8.49. The third kappa shape index (κ3) is 5.26. The first-order chi connectivity index (χ1) is 34.9. The first-order valence-electron chi connectivity index (χ1n) is 25.8. The topological polar surface area (TPSA) is 28.7 Å². The number of aromatic hydroxyl groups is 1. The lowest BCUT2D eigenvalue weighted by Crippen LogP contribution is -2.24. The van der Waals surface area contributed by atoms with Gasteiger partial charge >= 0.3 is 5.65 Å². The highest BCUT2D eigenvalue weighted by Gasteiger charge is 2.47. The van der Waals surface area contributed by atoms with Gasteiger partial charge in [-0.1, -0.05) is 141 Å². The molecular weight excluding hydrogens is 861 g/mol. The van der Waals surface area contributed by atoms with Gasteiger partial charge in [0.25, 0.3) is 0 Å². The van der Waals surface area contributed by atoms with E-state index in [4.69, 9.17) is 0 Å². The highest BCUT2D eigenvalue weighted by molar-refractivity contribution is 6.19. The Morgan fingerprint density at radius 1 is 0.676 bits per heavy atom. The van der Waals surface area contributed by atoms with Crippen LogP contribution in [0.25, 0.3) is 117 Å². The second kappa shape index (κ2) is 14.8. The molecule has 340 valence electrons. The summed E-state index contributed by atoms with van der Waals surface area (Å²) < 4.78 is 5.01. The molecule has 4 aliphatic rings. The molecule has 11 aromatic rings. The average molecular weight is 914 g/mol. The van der Waals surface area contributed by atoms with Crippen LogP contribution in [0, 0.1) is 20.8 Å². The van der Waals surface area contributed by atoms with Crippen LogP contribution in [0.15, 0.2) is 146 Å². The van der Waals surface area contributed by atoms with Crippen molar-refractivity contribution in [1.82, 2.24) is 4.40 Å². The number of fused-ring (bicyclic) bond motifs is 16. The zero-order valence-electron chi connectivity index (χ0n) is 40.8. The molecule has 0 saturated heterocycles. The zero-order chi connectivity index (χ0) is 47.6. The second-order valence-corrected chi connectivity index (χ2v) is 20.8. The number of aryl methyl sites for hydroxylation is 1. The van der Waals surface area contributed by atoms with E-state index in [1.54, 1.807) is 0 Å². The standard InChI is InChI=1S/C68H52N2O/c1-6-18-46-38(4)37(3)39(5)59-61-45(7-2)67(71)66-65-64(61)63(62(46)59)55-35-53-50-26-17-15-24-48(50)47-23-14-16-25-49(47)52(53)34-54(55)58-36-51(43-29-27-42(28-30-43)40-19-10-8-11-20-40)60-56-33-44(41-21-12-9-13-22-41)31-32-57(56)69(66)68(60)70(58)65/h7-8,10-12,15-17,19-22,24-36,63H,2,6,9,13-14,18,23H2,1,3-5H3/p+1. The fraction of sp³-hybridized carbons (Fsp3) is 0.162. The van der Waals surface area contributed by atoms with Crippen LogP contribution in [0.2, 0.25) is 0 Å². The van der Waals surface area contributed by atoms with Gasteiger partial charge in [0.2, 0.25) is 5.52 Å². The van der Waals surface area contributed by atoms with Gasteiger partial charge in [-0.05, 0) is 183 Å². The summed E-state index contributed by atoms with van der Waals surface area (Å²) in [6.45, 7) is 13.8. The van der Waals surface area contributed by atoms with E-state index in [9.17, 15) is 5.11 Å². The molecule has 0 spiro atoms. The summed E-state index contributed by atoms with van der Waals surface area (Å²) in [5.74, 6) is 0.203. The molecule has 1 atom stereocenters. The first kappa shape index (κ1) is 40.8. The molecule has 0 amide bonds. The quantitative estimate of drug-likeness (QED) is 0.131. The number of hydrogen-bond donors (Lipinski definition) is 1. The molecule has 0 saturated carbocycles. The van der Waals surface area contributed by atoms with Gasteiger partial charge in [-0.15, -0.1) is 0 Å². The predicted molar refractivity (Wildman–Crippen MR) is 298 cm³/mol. The average Bonchev–Trinajstić information content (AvgIpc) is 4.07. The Hall–Kier alpha value is -8.01. The molecule has 0 radical (unpaired) electrons. The fourth-order valence-corrected chi connectivity index (χ4v) is 14.1. The van der Waals surface area contributed by atoms with E-state index >= 15 is 0 Å². The van der Waals surface area contributed by atoms with Crippen molar-refractivity contribution >= 4 is 72.2 Å². The SMILES string of the molecule is C=Cc1c2c3c4c(c1O)n1c5ccc(C6=CCCC=C6)cc5c5c(-c6ccc(-c7ccccc7)cc6)cc([n+]4c51)-c1cc4c5c(c6ccccc6c4cc1C3c1c(CCC)c(C)c(C)c(C)c1-2)CCC=C5. The molecule has 15 rings (SSSR count). The molecule has 8 aromatic carbocycles. The third-order valence-corrected chi connectivity index (χ3v) is 17.4. The highest BCUT2D eigenvalue weighted by Crippen LogP contribution is 2.61. The number of nitrogens with zero attached hydrogens (tertiary/aromatic N) is 2. The van der Waals surface area contributed by atoms with Crippen molar-refractivity contribution in [3.63, 3.8) is 0 Å². The molecule has 0 fully saturated rings. The molecule has 71 heavy (non-hydrogen) atoms. The van der Waals surface area contributed by atoms with Gasteiger partial charge in [-0.2, -0.15) is 8.80 Å². The first-order valence-corrected chi connectivity index (χ1v) is 25.8. The Morgan fingerprint density at radius 2 is 1.44 bits per heavy atom. The Morgan fingerprint density at radius 3 is 2.23 bits per heavy atom. The van der Waals surface area contributed by atoms with Gasteiger partial charge in [0.15, 0.2) is 11.3 Å². The van der Waals surface area contributed by atoms with Crippen molar-refractivity contribution in [2.45, 2.75) is 72.1 Å². The minimum atomic E-state index is -0.0895. The van der Waals surface area contributed by atoms with E-state index in [0.29, 0.717) is 5.75 Å². The van der Waals surface area contributed by atoms with Crippen molar-refractivity contribution in [3.05, 3.63) is 207 Å². The lowest BCUT2D eigenvalue weighted by Gasteiger charge is -2.25. The molecule has 3 aromatic heterocycles. The number of rotatable bonds is 6. The van der Waals surface area contributed by atoms with E-state index in [0.717, 1.165) is 77.5 Å². The van der Waals surface area contributed by atoms with E-state index in [1.165, 1.54) is 127 Å². The van der Waals surface area contributed by atoms with Crippen molar-refractivity contribution in [2.75, 3.05) is 0 Å². The van der Waals surface area contributed by atoms with E-state index in [2.05, 4.69) is 189 Å². The van der Waals surface area contributed by atoms with E-state index in [-0.39, 0.29) is 5.92 Å². The lowest BCUT2D eigenvalue weighted by molar-refractivity contribution is -0.467. The van der Waals surface area contributed by atoms with Crippen molar-refractivity contribution in [1.29, 1.82) is 0 Å². The second-order valence-electron chi connectivity index (χ2n) is 20.8. The third-order valence-electron chi connectivity index (χ3n) is 17.4. The summed E-state index contributed by atoms with van der Waals surface area (Å²) in [5.41, 5.74) is 29.3. The van der Waals surface area contributed by atoms with Gasteiger partial charge in [0.1, 0.15) is 11.2 Å². The Balaban J connectivity index is 1.19. The van der Waals surface area contributed by atoms with E-state index in [1.807, 2.05) is 6.08 Å². The van der Waals surface area contributed by atoms with Crippen LogP contribution in [-0.4, -0.2) is 9.51 Å². The van der Waals surface area contributed by atoms with Crippen molar-refractivity contribution < 1.29 is 9.51 Å². The van der Waals surface area contributed by atoms with Crippen LogP contribution >= 0.6 is 0 Å². The van der Waals surface area contributed by atoms with Crippen LogP contribution in [0.4, 0.5) is 0 Å². The maximum atomic E-state index is 13.4. The van der Waals surface area contributed by atoms with Crippen LogP contribution < -0.4 is 4.40 Å². The van der Waals surface area contributed by atoms with E-state index < -0.39 is 0 Å². The van der Waals surface area contributed by atoms with Crippen molar-refractivity contribution in [2.24, 2.45) is 0 Å². The number of phenols is 1. The number of benzene rings is 8. The molecular formula is C68H53N2O+. The predicted octanol–water partition coefficient (Wildman–Crippen LogP) is 17.1. The smallest absolute Gasteiger partial charge is 0.301 e. The summed E-state index contributed by atoms with van der Waals surface area (Å²) in [4.78, 5) is 0. The number of phenolic OH excluding ortho intramolecular Hbond substituents is 1. The normalized spacial score (nSPS) is 15.4. The molecule has 1 unspecified atom stereocenters. The number of aromatic nitrogens is 2. The fourth-order valence-electron chi connectivity index (χ4n) is 14.1. The molecule has 1 aliphatic heterocycles. The number of pyridine rings is 1. The van der Waals surface area contributed by atoms with Gasteiger partial charge in [0.05, 0.1) is 5.39 Å². The summed E-state index contributed by atoms with van der Waals surface area (Å²) in [6.07, 6.45) is 19.9. The largest absolute Gasteiger partial charge is 0.503 e. The summed E-state index contributed by atoms with van der Waals surface area (Å²) in [6, 6.07) is 43.8. The minimum Gasteiger partial charge on any atom is -0.503 e. The number of imidazole rings is 1. The molecule has 3 heteroatoms. The number of hydrogen-bond acceptors (Lipinski definition) is 1. The number of allylic oxidation sites excluding steroid dienone is 5. The van der Waals surface area contributed by atoms with Crippen molar-refractivity contribution in [3.8, 4) is 50.4 Å². The monoisotopic (exact) mass is 913 g/mol. The van der Waals surface area contributed by atoms with Gasteiger partial charge in [0, 0.05) is 39.1 Å². The molecule has 1 N–H and O–H groups in total. The van der Waals surface area contributed by atoms with Crippen LogP contribution in [0.5, 0.6) is 5.75 Å². The maximum absolute atomic E-state index is 13.4. The van der Waals surface area contributed by atoms with Crippen LogP contribution in [0.3, 0.4) is 0 Å². The maximum Gasteiger partial charge on any atom is 0.301 e. The van der Waals surface area contributed by atoms with Gasteiger partial charge in [-0.3, -0.25) is 0 Å².